The summed E-state index contributed by atoms with van der Waals surface area (Å²) in [6.07, 6.45) is 18.3. The van der Waals surface area contributed by atoms with E-state index in [2.05, 4.69) is 64.1 Å². The molecule has 4 heterocycles. The number of allylic oxidation sites excluding steroid dienone is 4. The fourth-order valence-electron chi connectivity index (χ4n) is 5.23. The van der Waals surface area contributed by atoms with Gasteiger partial charge in [0.25, 0.3) is 0 Å². The lowest BCUT2D eigenvalue weighted by Crippen LogP contribution is -2.30. The Kier molecular flexibility index (Phi) is 9.41. The predicted molar refractivity (Wildman–Crippen MR) is 171 cm³/mol. The summed E-state index contributed by atoms with van der Waals surface area (Å²) in [6, 6.07) is 8.06. The summed E-state index contributed by atoms with van der Waals surface area (Å²) in [7, 11) is 0. The molecule has 0 saturated heterocycles. The summed E-state index contributed by atoms with van der Waals surface area (Å²) in [5.74, 6) is 4.35. The molecule has 0 radical (unpaired) electrons. The van der Waals surface area contributed by atoms with Gasteiger partial charge in [-0.25, -0.2) is 15.0 Å². The largest absolute Gasteiger partial charge is 0.489 e. The molecule has 8 nitrogen and oxygen atoms in total. The number of hydrogen-bond acceptors (Lipinski definition) is 8. The molecule has 1 atom stereocenters. The molecule has 0 bridgehead atoms. The third kappa shape index (κ3) is 6.75. The third-order valence-corrected chi connectivity index (χ3v) is 7.32. The first-order valence-corrected chi connectivity index (χ1v) is 15.1. The number of fused-ring (bicyclic) bond motifs is 2. The maximum atomic E-state index is 6.30. The van der Waals surface area contributed by atoms with Crippen LogP contribution in [0, 0.1) is 12.8 Å². The van der Waals surface area contributed by atoms with Crippen molar-refractivity contribution < 1.29 is 9.47 Å². The average Bonchev–Trinajstić information content (AvgIpc) is 3.13. The van der Waals surface area contributed by atoms with Gasteiger partial charge in [-0.05, 0) is 56.5 Å². The van der Waals surface area contributed by atoms with E-state index < -0.39 is 0 Å². The fraction of sp³-hybridized carbons (Fsp3) is 0.382. The number of aryl methyl sites for hydroxylation is 1. The summed E-state index contributed by atoms with van der Waals surface area (Å²) in [5.41, 5.74) is 4.49. The van der Waals surface area contributed by atoms with Crippen LogP contribution in [-0.2, 0) is 0 Å². The number of nitrogens with one attached hydrogen (secondary N) is 1. The van der Waals surface area contributed by atoms with Gasteiger partial charge in [0.1, 0.15) is 23.4 Å². The summed E-state index contributed by atoms with van der Waals surface area (Å²) in [4.78, 5) is 18.6. The molecule has 1 unspecified atom stereocenters. The zero-order valence-corrected chi connectivity index (χ0v) is 25.4. The quantitative estimate of drug-likeness (QED) is 0.247. The van der Waals surface area contributed by atoms with Gasteiger partial charge in [0, 0.05) is 54.9 Å². The van der Waals surface area contributed by atoms with Crippen LogP contribution in [0.2, 0.25) is 0 Å². The molecule has 2 aromatic heterocycles. The van der Waals surface area contributed by atoms with Crippen molar-refractivity contribution in [1.29, 1.82) is 0 Å². The molecule has 0 aliphatic carbocycles. The number of anilines is 3. The molecular weight excluding hydrogens is 524 g/mol. The molecule has 220 valence electrons. The van der Waals surface area contributed by atoms with Crippen molar-refractivity contribution in [2.45, 2.75) is 60.3 Å². The lowest BCUT2D eigenvalue weighted by atomic mass is 10.1. The summed E-state index contributed by atoms with van der Waals surface area (Å²) >= 11 is 0. The predicted octanol–water partition coefficient (Wildman–Crippen LogP) is 8.02. The molecule has 2 aliphatic rings. The fourth-order valence-corrected chi connectivity index (χ4v) is 5.23. The van der Waals surface area contributed by atoms with E-state index in [1.807, 2.05) is 56.6 Å². The molecule has 5 rings (SSSR count). The van der Waals surface area contributed by atoms with Crippen molar-refractivity contribution in [1.82, 2.24) is 19.9 Å². The second-order valence-corrected chi connectivity index (χ2v) is 11.0. The van der Waals surface area contributed by atoms with Crippen molar-refractivity contribution in [2.24, 2.45) is 5.92 Å². The second-order valence-electron chi connectivity index (χ2n) is 11.0. The van der Waals surface area contributed by atoms with Gasteiger partial charge in [-0.3, -0.25) is 0 Å². The average molecular weight is 567 g/mol. The van der Waals surface area contributed by atoms with Crippen LogP contribution in [0.4, 0.5) is 17.3 Å². The number of aromatic nitrogens is 3. The standard InChI is InChI=1S/C34H42N6O2/c1-6-9-10-16-40-21-24(4)22-41-31-20-29-32(38-34(31)40)33(36-23-35-29)37-26-12-13-30(25(5)18-26)42-28-14-17-39(15-8-3)27(19-28)11-7-2/h8,11-15,17-20,23-24H,6-7,9-10,16,21-22H2,1-5H3,(H,35,36,37)/b15-8-,27-11+. The van der Waals surface area contributed by atoms with Gasteiger partial charge >= 0.3 is 0 Å². The lowest BCUT2D eigenvalue weighted by Gasteiger charge is -2.24. The maximum Gasteiger partial charge on any atom is 0.172 e. The van der Waals surface area contributed by atoms with Crippen LogP contribution < -0.4 is 19.7 Å². The van der Waals surface area contributed by atoms with Crippen molar-refractivity contribution >= 4 is 28.4 Å². The smallest absolute Gasteiger partial charge is 0.172 e. The van der Waals surface area contributed by atoms with Crippen molar-refractivity contribution in [3.8, 4) is 11.5 Å². The van der Waals surface area contributed by atoms with E-state index in [4.69, 9.17) is 14.5 Å². The SMILES string of the molecule is C/C=C\N1C=CC(Oc2ccc(Nc3ncnc4cc5c(nc34)N(CCCCC)CC(C)CO5)cc2C)=C/C1=C\CC. The Morgan fingerprint density at radius 3 is 2.83 bits per heavy atom. The van der Waals surface area contributed by atoms with Gasteiger partial charge in [0.05, 0.1) is 12.1 Å². The Hall–Kier alpha value is -4.33. The maximum absolute atomic E-state index is 6.30. The minimum Gasteiger partial charge on any atom is -0.489 e. The van der Waals surface area contributed by atoms with Crippen LogP contribution in [0.25, 0.3) is 11.0 Å². The van der Waals surface area contributed by atoms with Crippen molar-refractivity contribution in [3.63, 3.8) is 0 Å². The Bertz CT molecular complexity index is 1530. The lowest BCUT2D eigenvalue weighted by molar-refractivity contribution is 0.273. The van der Waals surface area contributed by atoms with Crippen molar-refractivity contribution in [2.75, 3.05) is 29.9 Å². The highest BCUT2D eigenvalue weighted by Gasteiger charge is 2.24. The molecular formula is C34H42N6O2. The van der Waals surface area contributed by atoms with Crippen LogP contribution in [0.5, 0.6) is 11.5 Å². The third-order valence-electron chi connectivity index (χ3n) is 7.32. The van der Waals surface area contributed by atoms with Gasteiger partial charge < -0.3 is 24.6 Å². The highest BCUT2D eigenvalue weighted by atomic mass is 16.5. The monoisotopic (exact) mass is 566 g/mol. The van der Waals surface area contributed by atoms with Crippen LogP contribution in [0.3, 0.4) is 0 Å². The molecule has 0 fully saturated rings. The van der Waals surface area contributed by atoms with Gasteiger partial charge in [-0.1, -0.05) is 45.8 Å². The van der Waals surface area contributed by atoms with Crippen molar-refractivity contribution in [3.05, 3.63) is 84.3 Å². The van der Waals surface area contributed by atoms with E-state index in [0.717, 1.165) is 77.0 Å². The first-order valence-electron chi connectivity index (χ1n) is 15.1. The number of rotatable bonds is 10. The number of nitrogens with zero attached hydrogens (tertiary/aromatic N) is 5. The molecule has 42 heavy (non-hydrogen) atoms. The number of ether oxygens (including phenoxy) is 2. The topological polar surface area (TPSA) is 75.6 Å². The highest BCUT2D eigenvalue weighted by molar-refractivity contribution is 5.90. The molecule has 2 aliphatic heterocycles. The molecule has 1 aromatic carbocycles. The number of unbranched alkanes of at least 4 members (excludes halogenated alkanes) is 2. The molecule has 0 amide bonds. The molecule has 0 saturated carbocycles. The molecule has 8 heteroatoms. The Labute approximate surface area is 249 Å². The van der Waals surface area contributed by atoms with E-state index in [1.165, 1.54) is 12.8 Å². The Balaban J connectivity index is 1.38. The zero-order valence-electron chi connectivity index (χ0n) is 25.4. The zero-order chi connectivity index (χ0) is 29.5. The van der Waals surface area contributed by atoms with E-state index in [0.29, 0.717) is 18.3 Å². The van der Waals surface area contributed by atoms with Gasteiger partial charge in [-0.15, -0.1) is 0 Å². The van der Waals surface area contributed by atoms with Gasteiger partial charge in [-0.2, -0.15) is 0 Å². The summed E-state index contributed by atoms with van der Waals surface area (Å²) in [6.45, 7) is 13.2. The van der Waals surface area contributed by atoms with Crippen LogP contribution >= 0.6 is 0 Å². The number of benzene rings is 1. The van der Waals surface area contributed by atoms with Crippen LogP contribution in [0.15, 0.2) is 78.8 Å². The summed E-state index contributed by atoms with van der Waals surface area (Å²) < 4.78 is 12.5. The Morgan fingerprint density at radius 2 is 2.05 bits per heavy atom. The number of hydrogen-bond donors (Lipinski definition) is 1. The van der Waals surface area contributed by atoms with E-state index >= 15 is 0 Å². The van der Waals surface area contributed by atoms with Crippen LogP contribution in [0.1, 0.15) is 58.9 Å². The molecule has 1 N–H and O–H groups in total. The van der Waals surface area contributed by atoms with Gasteiger partial charge in [0.2, 0.25) is 0 Å². The Morgan fingerprint density at radius 1 is 1.17 bits per heavy atom. The normalized spacial score (nSPS) is 17.8. The molecule has 3 aromatic rings. The van der Waals surface area contributed by atoms with Crippen LogP contribution in [-0.4, -0.2) is 39.5 Å². The van der Waals surface area contributed by atoms with Gasteiger partial charge in [0.15, 0.2) is 17.4 Å². The summed E-state index contributed by atoms with van der Waals surface area (Å²) in [5, 5.41) is 3.48. The minimum atomic E-state index is 0.414. The minimum absolute atomic E-state index is 0.414. The number of pyridine rings is 1. The van der Waals surface area contributed by atoms with E-state index in [-0.39, 0.29) is 0 Å². The first kappa shape index (κ1) is 29.2. The van der Waals surface area contributed by atoms with E-state index in [9.17, 15) is 0 Å². The second kappa shape index (κ2) is 13.6. The first-order chi connectivity index (χ1) is 20.5. The highest BCUT2D eigenvalue weighted by Crippen LogP contribution is 2.35. The molecule has 0 spiro atoms. The van der Waals surface area contributed by atoms with E-state index in [1.54, 1.807) is 6.33 Å².